The molecule has 66 valence electrons. The summed E-state index contributed by atoms with van der Waals surface area (Å²) in [7, 11) is 0. The zero-order valence-corrected chi connectivity index (χ0v) is 8.48. The van der Waals surface area contributed by atoms with Gasteiger partial charge in [0.25, 0.3) is 0 Å². The molecule has 12 heavy (non-hydrogen) atoms. The molecular weight excluding hydrogens is 168 g/mol. The fraction of sp³-hybridized carbons (Fsp3) is 0.667. The molecule has 1 aliphatic rings. The van der Waals surface area contributed by atoms with Crippen molar-refractivity contribution in [3.63, 3.8) is 0 Å². The number of hydrogen-bond acceptors (Lipinski definition) is 3. The maximum absolute atomic E-state index is 5.95. The first-order chi connectivity index (χ1) is 5.53. The highest BCUT2D eigenvalue weighted by atomic mass is 32.1. The van der Waals surface area contributed by atoms with E-state index in [1.54, 1.807) is 11.3 Å². The van der Waals surface area contributed by atoms with Gasteiger partial charge in [0, 0.05) is 23.0 Å². The Bertz CT molecular complexity index is 303. The molecule has 1 aromatic heterocycles. The van der Waals surface area contributed by atoms with Crippen molar-refractivity contribution in [1.29, 1.82) is 0 Å². The van der Waals surface area contributed by atoms with Gasteiger partial charge in [-0.15, -0.1) is 11.3 Å². The van der Waals surface area contributed by atoms with Crippen molar-refractivity contribution in [1.82, 2.24) is 4.98 Å². The third kappa shape index (κ3) is 1.00. The molecule has 0 aromatic carbocycles. The quantitative estimate of drug-likeness (QED) is 0.720. The van der Waals surface area contributed by atoms with E-state index in [0.717, 1.165) is 0 Å². The van der Waals surface area contributed by atoms with Gasteiger partial charge in [-0.2, -0.15) is 0 Å². The van der Waals surface area contributed by atoms with Crippen LogP contribution in [0.5, 0.6) is 0 Å². The third-order valence-electron chi connectivity index (χ3n) is 2.82. The van der Waals surface area contributed by atoms with Gasteiger partial charge in [0.1, 0.15) is 0 Å². The summed E-state index contributed by atoms with van der Waals surface area (Å²) in [6.45, 7) is 6.50. The molecule has 0 amide bonds. The lowest BCUT2D eigenvalue weighted by atomic mass is 10.1. The Morgan fingerprint density at radius 1 is 1.58 bits per heavy atom. The molecule has 2 unspecified atom stereocenters. The number of nitrogens with two attached hydrogens (primary N) is 1. The molecule has 0 aliphatic heterocycles. The first kappa shape index (κ1) is 8.20. The Morgan fingerprint density at radius 2 is 2.17 bits per heavy atom. The predicted molar refractivity (Wildman–Crippen MR) is 51.3 cm³/mol. The minimum Gasteiger partial charge on any atom is -0.327 e. The SMILES string of the molecule is Cc1cnc(C2C(N)C2(C)C)s1. The monoisotopic (exact) mass is 182 g/mol. The highest BCUT2D eigenvalue weighted by Gasteiger charge is 2.57. The van der Waals surface area contributed by atoms with Crippen molar-refractivity contribution >= 4 is 11.3 Å². The van der Waals surface area contributed by atoms with E-state index in [-0.39, 0.29) is 5.41 Å². The van der Waals surface area contributed by atoms with Crippen LogP contribution in [0.3, 0.4) is 0 Å². The van der Waals surface area contributed by atoms with E-state index >= 15 is 0 Å². The normalized spacial score (nSPS) is 32.0. The average molecular weight is 182 g/mol. The van der Waals surface area contributed by atoms with Crippen LogP contribution in [-0.4, -0.2) is 11.0 Å². The summed E-state index contributed by atoms with van der Waals surface area (Å²) < 4.78 is 0. The van der Waals surface area contributed by atoms with Crippen LogP contribution in [0.25, 0.3) is 0 Å². The van der Waals surface area contributed by atoms with E-state index in [1.165, 1.54) is 9.88 Å². The second-order valence-corrected chi connectivity index (χ2v) is 5.40. The second kappa shape index (κ2) is 2.30. The lowest BCUT2D eigenvalue weighted by Gasteiger charge is -1.96. The zero-order chi connectivity index (χ0) is 8.93. The fourth-order valence-electron chi connectivity index (χ4n) is 1.67. The van der Waals surface area contributed by atoms with Crippen molar-refractivity contribution in [2.45, 2.75) is 32.7 Å². The number of rotatable bonds is 1. The molecule has 0 saturated heterocycles. The summed E-state index contributed by atoms with van der Waals surface area (Å²) in [5.41, 5.74) is 6.22. The van der Waals surface area contributed by atoms with Crippen LogP contribution in [0.2, 0.25) is 0 Å². The number of hydrogen-bond donors (Lipinski definition) is 1. The van der Waals surface area contributed by atoms with Crippen molar-refractivity contribution in [3.8, 4) is 0 Å². The van der Waals surface area contributed by atoms with Crippen molar-refractivity contribution < 1.29 is 0 Å². The van der Waals surface area contributed by atoms with Gasteiger partial charge in [-0.05, 0) is 12.3 Å². The fourth-order valence-corrected chi connectivity index (χ4v) is 2.78. The lowest BCUT2D eigenvalue weighted by Crippen LogP contribution is -2.06. The molecule has 1 saturated carbocycles. The highest BCUT2D eigenvalue weighted by Crippen LogP contribution is 2.57. The Morgan fingerprint density at radius 3 is 2.50 bits per heavy atom. The summed E-state index contributed by atoms with van der Waals surface area (Å²) in [5.74, 6) is 0.496. The van der Waals surface area contributed by atoms with E-state index in [9.17, 15) is 0 Å². The summed E-state index contributed by atoms with van der Waals surface area (Å²) in [4.78, 5) is 5.64. The van der Waals surface area contributed by atoms with E-state index in [2.05, 4.69) is 25.8 Å². The van der Waals surface area contributed by atoms with Gasteiger partial charge in [0.2, 0.25) is 0 Å². The van der Waals surface area contributed by atoms with Crippen LogP contribution in [0.4, 0.5) is 0 Å². The molecule has 1 aliphatic carbocycles. The number of nitrogens with zero attached hydrogens (tertiary/aromatic N) is 1. The van der Waals surface area contributed by atoms with Crippen molar-refractivity contribution in [2.75, 3.05) is 0 Å². The molecule has 0 bridgehead atoms. The van der Waals surface area contributed by atoms with Crippen LogP contribution in [-0.2, 0) is 0 Å². The molecule has 0 radical (unpaired) electrons. The van der Waals surface area contributed by atoms with Gasteiger partial charge in [-0.1, -0.05) is 13.8 Å². The molecule has 2 N–H and O–H groups in total. The molecule has 2 rings (SSSR count). The first-order valence-electron chi connectivity index (χ1n) is 4.21. The van der Waals surface area contributed by atoms with Crippen LogP contribution < -0.4 is 5.73 Å². The maximum atomic E-state index is 5.95. The van der Waals surface area contributed by atoms with Crippen LogP contribution in [0.1, 0.15) is 29.7 Å². The van der Waals surface area contributed by atoms with Gasteiger partial charge >= 0.3 is 0 Å². The Hall–Kier alpha value is -0.410. The molecule has 1 aromatic rings. The molecule has 1 heterocycles. The van der Waals surface area contributed by atoms with E-state index < -0.39 is 0 Å². The van der Waals surface area contributed by atoms with Gasteiger partial charge in [-0.25, -0.2) is 4.98 Å². The topological polar surface area (TPSA) is 38.9 Å². The maximum Gasteiger partial charge on any atom is 0.0980 e. The van der Waals surface area contributed by atoms with Crippen molar-refractivity contribution in [2.24, 2.45) is 11.1 Å². The number of thiazole rings is 1. The standard InChI is InChI=1S/C9H14N2S/c1-5-4-11-8(12-5)6-7(10)9(6,2)3/h4,6-7H,10H2,1-3H3. The smallest absolute Gasteiger partial charge is 0.0980 e. The Kier molecular flexibility index (Phi) is 1.57. The van der Waals surface area contributed by atoms with Gasteiger partial charge in [0.05, 0.1) is 5.01 Å². The summed E-state index contributed by atoms with van der Waals surface area (Å²) >= 11 is 1.77. The highest BCUT2D eigenvalue weighted by molar-refractivity contribution is 7.11. The zero-order valence-electron chi connectivity index (χ0n) is 7.66. The van der Waals surface area contributed by atoms with Gasteiger partial charge < -0.3 is 5.73 Å². The molecule has 0 spiro atoms. The number of aryl methyl sites for hydroxylation is 1. The summed E-state index contributed by atoms with van der Waals surface area (Å²) in [6.07, 6.45) is 1.93. The van der Waals surface area contributed by atoms with E-state index in [4.69, 9.17) is 5.73 Å². The Labute approximate surface area is 76.8 Å². The predicted octanol–water partition coefficient (Wildman–Crippen LogP) is 1.90. The molecule has 1 fully saturated rings. The summed E-state index contributed by atoms with van der Waals surface area (Å²) in [6, 6.07) is 0.308. The van der Waals surface area contributed by atoms with Crippen molar-refractivity contribution in [3.05, 3.63) is 16.1 Å². The van der Waals surface area contributed by atoms with Crippen LogP contribution in [0.15, 0.2) is 6.20 Å². The molecule has 2 nitrogen and oxygen atoms in total. The Balaban J connectivity index is 2.24. The van der Waals surface area contributed by atoms with Crippen LogP contribution in [0, 0.1) is 12.3 Å². The first-order valence-corrected chi connectivity index (χ1v) is 5.03. The van der Waals surface area contributed by atoms with E-state index in [0.29, 0.717) is 12.0 Å². The lowest BCUT2D eigenvalue weighted by molar-refractivity contribution is 0.598. The largest absolute Gasteiger partial charge is 0.327 e. The van der Waals surface area contributed by atoms with Crippen LogP contribution >= 0.6 is 11.3 Å². The van der Waals surface area contributed by atoms with E-state index in [1.807, 2.05) is 6.20 Å². The van der Waals surface area contributed by atoms with Gasteiger partial charge in [0.15, 0.2) is 0 Å². The average Bonchev–Trinajstić information content (AvgIpc) is 2.38. The second-order valence-electron chi connectivity index (χ2n) is 4.13. The minimum absolute atomic E-state index is 0.268. The molecule has 3 heteroatoms. The molecule has 2 atom stereocenters. The number of aromatic nitrogens is 1. The third-order valence-corrected chi connectivity index (χ3v) is 3.81. The molecular formula is C9H14N2S. The minimum atomic E-state index is 0.268. The van der Waals surface area contributed by atoms with Gasteiger partial charge in [-0.3, -0.25) is 0 Å². The summed E-state index contributed by atoms with van der Waals surface area (Å²) in [5, 5.41) is 1.21.